The predicted molar refractivity (Wildman–Crippen MR) is 40.3 cm³/mol. The molecular formula is C7H7N3O2. The van der Waals surface area contributed by atoms with Gasteiger partial charge in [0, 0.05) is 12.1 Å². The highest BCUT2D eigenvalue weighted by Gasteiger charge is 1.97. The molecule has 0 aliphatic carbocycles. The lowest BCUT2D eigenvalue weighted by molar-refractivity contribution is 0.387. The zero-order valence-corrected chi connectivity index (χ0v) is 6.23. The summed E-state index contributed by atoms with van der Waals surface area (Å²) < 4.78 is 9.49. The largest absolute Gasteiger partial charge is 0.363 e. The third kappa shape index (κ3) is 1.45. The van der Waals surface area contributed by atoms with Crippen molar-refractivity contribution in [3.8, 4) is 0 Å². The van der Waals surface area contributed by atoms with Gasteiger partial charge in [-0.1, -0.05) is 10.3 Å². The van der Waals surface area contributed by atoms with E-state index in [1.165, 1.54) is 6.26 Å². The minimum atomic E-state index is 0.562. The first-order valence-electron chi connectivity index (χ1n) is 3.49. The van der Waals surface area contributed by atoms with Crippen LogP contribution >= 0.6 is 0 Å². The van der Waals surface area contributed by atoms with E-state index in [9.17, 15) is 0 Å². The highest BCUT2D eigenvalue weighted by Crippen LogP contribution is 2.04. The van der Waals surface area contributed by atoms with Crippen LogP contribution in [-0.4, -0.2) is 10.3 Å². The van der Waals surface area contributed by atoms with Crippen LogP contribution in [0, 0.1) is 0 Å². The molecule has 2 heterocycles. The van der Waals surface area contributed by atoms with Crippen LogP contribution in [0.1, 0.15) is 5.76 Å². The summed E-state index contributed by atoms with van der Waals surface area (Å²) in [6.07, 6.45) is 3.10. The summed E-state index contributed by atoms with van der Waals surface area (Å²) in [5, 5.41) is 10.2. The molecule has 0 fully saturated rings. The number of rotatable bonds is 3. The number of hydrogen-bond donors (Lipinski definition) is 1. The Hall–Kier alpha value is -1.78. The molecule has 0 amide bonds. The van der Waals surface area contributed by atoms with Crippen molar-refractivity contribution in [2.75, 3.05) is 5.32 Å². The van der Waals surface area contributed by atoms with Crippen molar-refractivity contribution in [1.29, 1.82) is 0 Å². The third-order valence-corrected chi connectivity index (χ3v) is 1.37. The van der Waals surface area contributed by atoms with Crippen molar-refractivity contribution < 1.29 is 9.05 Å². The lowest BCUT2D eigenvalue weighted by Gasteiger charge is -1.95. The van der Waals surface area contributed by atoms with Crippen LogP contribution in [0.4, 0.5) is 5.82 Å². The first-order chi connectivity index (χ1) is 5.95. The van der Waals surface area contributed by atoms with Gasteiger partial charge in [-0.2, -0.15) is 0 Å². The maximum absolute atomic E-state index is 4.86. The van der Waals surface area contributed by atoms with Crippen molar-refractivity contribution in [2.24, 2.45) is 0 Å². The molecule has 0 saturated heterocycles. The molecule has 2 rings (SSSR count). The van der Waals surface area contributed by atoms with Gasteiger partial charge < -0.3 is 14.4 Å². The average molecular weight is 165 g/mol. The molecular weight excluding hydrogens is 158 g/mol. The minimum Gasteiger partial charge on any atom is -0.363 e. The Morgan fingerprint density at radius 3 is 3.08 bits per heavy atom. The Bertz CT molecular complexity index is 280. The van der Waals surface area contributed by atoms with Gasteiger partial charge in [-0.3, -0.25) is 0 Å². The second kappa shape index (κ2) is 3.08. The molecule has 12 heavy (non-hydrogen) atoms. The maximum atomic E-state index is 4.86. The number of nitrogens with zero attached hydrogens (tertiary/aromatic N) is 2. The maximum Gasteiger partial charge on any atom is 0.169 e. The lowest BCUT2D eigenvalue weighted by atomic mass is 10.4. The highest BCUT2D eigenvalue weighted by molar-refractivity contribution is 5.30. The molecule has 2 aromatic rings. The fraction of sp³-hybridized carbons (Fsp3) is 0.143. The average Bonchev–Trinajstić information content (AvgIpc) is 2.74. The standard InChI is InChI=1S/C7H7N3O2/c1-3-9-12-6(1)5-8-7-2-4-11-10-7/h1-4H,5H2,(H,8,10). The molecule has 0 bridgehead atoms. The molecule has 0 spiro atoms. The van der Waals surface area contributed by atoms with Crippen LogP contribution in [0.3, 0.4) is 0 Å². The van der Waals surface area contributed by atoms with Gasteiger partial charge in [0.1, 0.15) is 6.26 Å². The summed E-state index contributed by atoms with van der Waals surface area (Å²) >= 11 is 0. The molecule has 0 aromatic carbocycles. The zero-order valence-electron chi connectivity index (χ0n) is 6.23. The molecule has 0 atom stereocenters. The SMILES string of the molecule is c1cc(CNc2ccon2)on1. The summed E-state index contributed by atoms with van der Waals surface area (Å²) in [4.78, 5) is 0. The summed E-state index contributed by atoms with van der Waals surface area (Å²) in [7, 11) is 0. The summed E-state index contributed by atoms with van der Waals surface area (Å²) in [5.41, 5.74) is 0. The summed E-state index contributed by atoms with van der Waals surface area (Å²) in [6, 6.07) is 3.52. The van der Waals surface area contributed by atoms with Crippen LogP contribution in [-0.2, 0) is 6.54 Å². The molecule has 5 nitrogen and oxygen atoms in total. The lowest BCUT2D eigenvalue weighted by Crippen LogP contribution is -1.97. The second-order valence-corrected chi connectivity index (χ2v) is 2.22. The van der Waals surface area contributed by atoms with E-state index in [2.05, 4.69) is 20.2 Å². The Kier molecular flexibility index (Phi) is 1.77. The molecule has 2 aromatic heterocycles. The molecule has 0 unspecified atom stereocenters. The van der Waals surface area contributed by atoms with E-state index in [4.69, 9.17) is 4.52 Å². The molecule has 62 valence electrons. The van der Waals surface area contributed by atoms with Gasteiger partial charge in [0.15, 0.2) is 11.6 Å². The monoisotopic (exact) mass is 165 g/mol. The summed E-state index contributed by atoms with van der Waals surface area (Å²) in [5.74, 6) is 1.45. The Labute approximate surface area is 68.3 Å². The van der Waals surface area contributed by atoms with E-state index in [0.29, 0.717) is 12.4 Å². The Morgan fingerprint density at radius 2 is 2.42 bits per heavy atom. The predicted octanol–water partition coefficient (Wildman–Crippen LogP) is 1.27. The van der Waals surface area contributed by atoms with Gasteiger partial charge in [-0.05, 0) is 0 Å². The van der Waals surface area contributed by atoms with Crippen molar-refractivity contribution in [1.82, 2.24) is 10.3 Å². The van der Waals surface area contributed by atoms with Gasteiger partial charge in [-0.15, -0.1) is 0 Å². The van der Waals surface area contributed by atoms with Crippen molar-refractivity contribution in [3.05, 3.63) is 30.4 Å². The van der Waals surface area contributed by atoms with Gasteiger partial charge in [0.05, 0.1) is 12.7 Å². The van der Waals surface area contributed by atoms with E-state index < -0.39 is 0 Å². The second-order valence-electron chi connectivity index (χ2n) is 2.22. The van der Waals surface area contributed by atoms with Gasteiger partial charge in [0.25, 0.3) is 0 Å². The smallest absolute Gasteiger partial charge is 0.169 e. The van der Waals surface area contributed by atoms with Crippen molar-refractivity contribution >= 4 is 5.82 Å². The molecule has 0 aliphatic rings. The molecule has 0 saturated carbocycles. The fourth-order valence-electron chi connectivity index (χ4n) is 0.815. The Balaban J connectivity index is 1.91. The normalized spacial score (nSPS) is 10.0. The quantitative estimate of drug-likeness (QED) is 0.742. The fourth-order valence-corrected chi connectivity index (χ4v) is 0.815. The number of hydrogen-bond acceptors (Lipinski definition) is 5. The first kappa shape index (κ1) is 6.90. The van der Waals surface area contributed by atoms with Gasteiger partial charge in [0.2, 0.25) is 0 Å². The molecule has 0 radical (unpaired) electrons. The van der Waals surface area contributed by atoms with Gasteiger partial charge >= 0.3 is 0 Å². The molecule has 5 heteroatoms. The molecule has 1 N–H and O–H groups in total. The first-order valence-corrected chi connectivity index (χ1v) is 3.49. The van der Waals surface area contributed by atoms with Crippen LogP contribution in [0.2, 0.25) is 0 Å². The van der Waals surface area contributed by atoms with Crippen LogP contribution in [0.15, 0.2) is 33.6 Å². The van der Waals surface area contributed by atoms with Crippen LogP contribution in [0.25, 0.3) is 0 Å². The number of aromatic nitrogens is 2. The van der Waals surface area contributed by atoms with E-state index in [-0.39, 0.29) is 0 Å². The van der Waals surface area contributed by atoms with E-state index in [1.54, 1.807) is 18.3 Å². The van der Waals surface area contributed by atoms with E-state index in [0.717, 1.165) is 5.76 Å². The van der Waals surface area contributed by atoms with Crippen LogP contribution in [0.5, 0.6) is 0 Å². The number of nitrogens with one attached hydrogen (secondary N) is 1. The molecule has 0 aliphatic heterocycles. The minimum absolute atomic E-state index is 0.562. The van der Waals surface area contributed by atoms with Crippen molar-refractivity contribution in [3.63, 3.8) is 0 Å². The van der Waals surface area contributed by atoms with Gasteiger partial charge in [-0.25, -0.2) is 0 Å². The number of anilines is 1. The van der Waals surface area contributed by atoms with E-state index >= 15 is 0 Å². The third-order valence-electron chi connectivity index (χ3n) is 1.37. The zero-order chi connectivity index (χ0) is 8.23. The topological polar surface area (TPSA) is 64.1 Å². The highest BCUT2D eigenvalue weighted by atomic mass is 16.5. The van der Waals surface area contributed by atoms with Crippen LogP contribution < -0.4 is 5.32 Å². The Morgan fingerprint density at radius 1 is 1.42 bits per heavy atom. The summed E-state index contributed by atoms with van der Waals surface area (Å²) in [6.45, 7) is 0.562. The van der Waals surface area contributed by atoms with E-state index in [1.807, 2.05) is 0 Å². The van der Waals surface area contributed by atoms with Crippen molar-refractivity contribution in [2.45, 2.75) is 6.54 Å².